The van der Waals surface area contributed by atoms with Gasteiger partial charge in [0.2, 0.25) is 0 Å². The van der Waals surface area contributed by atoms with E-state index in [2.05, 4.69) is 4.99 Å². The van der Waals surface area contributed by atoms with Crippen LogP contribution < -0.4 is 24.4 Å². The van der Waals surface area contributed by atoms with Gasteiger partial charge in [0, 0.05) is 11.6 Å². The third-order valence-corrected chi connectivity index (χ3v) is 6.25. The highest BCUT2D eigenvalue weighted by molar-refractivity contribution is 7.07. The van der Waals surface area contributed by atoms with Gasteiger partial charge < -0.3 is 14.2 Å². The summed E-state index contributed by atoms with van der Waals surface area (Å²) in [5.41, 5.74) is 2.17. The molecule has 0 aliphatic carbocycles. The number of aromatic nitrogens is 1. The van der Waals surface area contributed by atoms with Crippen LogP contribution >= 0.6 is 11.3 Å². The van der Waals surface area contributed by atoms with Gasteiger partial charge in [-0.15, -0.1) is 0 Å². The second kappa shape index (κ2) is 8.84. The first-order valence-corrected chi connectivity index (χ1v) is 10.7. The normalized spacial score (nSPS) is 15.8. The highest BCUT2D eigenvalue weighted by Crippen LogP contribution is 2.30. The number of esters is 1. The summed E-state index contributed by atoms with van der Waals surface area (Å²) >= 11 is 1.26. The minimum atomic E-state index is -0.625. The van der Waals surface area contributed by atoms with Gasteiger partial charge in [0.15, 0.2) is 4.80 Å². The summed E-state index contributed by atoms with van der Waals surface area (Å²) in [6.45, 7) is 1.76. The first-order chi connectivity index (χ1) is 15.5. The van der Waals surface area contributed by atoms with Crippen LogP contribution in [0.3, 0.4) is 0 Å². The van der Waals surface area contributed by atoms with E-state index in [-0.39, 0.29) is 5.56 Å². The van der Waals surface area contributed by atoms with Crippen LogP contribution in [0.4, 0.5) is 0 Å². The fraction of sp³-hybridized carbons (Fsp3) is 0.208. The van der Waals surface area contributed by atoms with E-state index in [1.165, 1.54) is 18.4 Å². The Balaban J connectivity index is 1.96. The Labute approximate surface area is 188 Å². The lowest BCUT2D eigenvalue weighted by Crippen LogP contribution is -2.39. The van der Waals surface area contributed by atoms with Crippen molar-refractivity contribution in [2.45, 2.75) is 13.0 Å². The summed E-state index contributed by atoms with van der Waals surface area (Å²) in [6.07, 6.45) is 1.77. The second-order valence-electron chi connectivity index (χ2n) is 7.09. The molecular formula is C24H22N2O5S. The molecule has 7 nitrogen and oxygen atoms in total. The van der Waals surface area contributed by atoms with Crippen LogP contribution in [0.2, 0.25) is 0 Å². The topological polar surface area (TPSA) is 79.1 Å². The van der Waals surface area contributed by atoms with Crippen molar-refractivity contribution in [1.29, 1.82) is 0 Å². The summed E-state index contributed by atoms with van der Waals surface area (Å²) in [4.78, 5) is 31.2. The number of ether oxygens (including phenoxy) is 3. The fourth-order valence-electron chi connectivity index (χ4n) is 3.72. The first-order valence-electron chi connectivity index (χ1n) is 9.86. The number of rotatable bonds is 5. The van der Waals surface area contributed by atoms with Crippen LogP contribution in [0.1, 0.15) is 24.1 Å². The van der Waals surface area contributed by atoms with E-state index in [1.54, 1.807) is 43.9 Å². The third-order valence-electron chi connectivity index (χ3n) is 5.27. The number of allylic oxidation sites excluding steroid dienone is 1. The van der Waals surface area contributed by atoms with Crippen molar-refractivity contribution in [2.75, 3.05) is 21.3 Å². The molecule has 0 spiro atoms. The number of benzene rings is 2. The van der Waals surface area contributed by atoms with E-state index < -0.39 is 12.0 Å². The van der Waals surface area contributed by atoms with E-state index in [1.807, 2.05) is 36.4 Å². The molecule has 1 aliphatic heterocycles. The number of carbonyl (C=O) groups is 1. The van der Waals surface area contributed by atoms with Crippen molar-refractivity contribution in [3.05, 3.63) is 90.6 Å². The van der Waals surface area contributed by atoms with Gasteiger partial charge in [-0.25, -0.2) is 9.79 Å². The highest BCUT2D eigenvalue weighted by Gasteiger charge is 2.32. The van der Waals surface area contributed by atoms with Crippen molar-refractivity contribution in [2.24, 2.45) is 4.99 Å². The molecule has 0 unspecified atom stereocenters. The van der Waals surface area contributed by atoms with Gasteiger partial charge in [-0.05, 0) is 30.7 Å². The maximum atomic E-state index is 13.5. The molecular weight excluding hydrogens is 428 g/mol. The van der Waals surface area contributed by atoms with Crippen LogP contribution in [0, 0.1) is 0 Å². The molecule has 2 aromatic carbocycles. The number of fused-ring (bicyclic) bond motifs is 1. The van der Waals surface area contributed by atoms with Gasteiger partial charge in [-0.1, -0.05) is 41.7 Å². The molecule has 1 atom stereocenters. The maximum Gasteiger partial charge on any atom is 0.338 e. The van der Waals surface area contributed by atoms with Crippen LogP contribution in [0.25, 0.3) is 6.08 Å². The molecule has 0 amide bonds. The SMILES string of the molecule is COC(=O)C1=C(C)N=c2s/c(=C\c3ccc(OC)cc3OC)c(=O)n2[C@@H]1c1ccccc1. The number of thiazole rings is 1. The van der Waals surface area contributed by atoms with Crippen LogP contribution in [0.5, 0.6) is 11.5 Å². The molecule has 0 N–H and O–H groups in total. The Morgan fingerprint density at radius 3 is 2.50 bits per heavy atom. The third kappa shape index (κ3) is 3.73. The molecule has 0 saturated heterocycles. The summed E-state index contributed by atoms with van der Waals surface area (Å²) in [5, 5.41) is 0. The van der Waals surface area contributed by atoms with Crippen molar-refractivity contribution in [3.8, 4) is 11.5 Å². The molecule has 0 fully saturated rings. The molecule has 4 rings (SSSR count). The molecule has 2 heterocycles. The number of methoxy groups -OCH3 is 3. The van der Waals surface area contributed by atoms with E-state index in [9.17, 15) is 9.59 Å². The van der Waals surface area contributed by atoms with Crippen molar-refractivity contribution in [1.82, 2.24) is 4.57 Å². The van der Waals surface area contributed by atoms with Crippen molar-refractivity contribution >= 4 is 23.4 Å². The highest BCUT2D eigenvalue weighted by atomic mass is 32.1. The maximum absolute atomic E-state index is 13.5. The lowest BCUT2D eigenvalue weighted by molar-refractivity contribution is -0.136. The average Bonchev–Trinajstić information content (AvgIpc) is 3.12. The van der Waals surface area contributed by atoms with E-state index in [0.29, 0.717) is 32.1 Å². The molecule has 0 saturated carbocycles. The van der Waals surface area contributed by atoms with Gasteiger partial charge in [-0.2, -0.15) is 0 Å². The second-order valence-corrected chi connectivity index (χ2v) is 8.10. The summed E-state index contributed by atoms with van der Waals surface area (Å²) in [5.74, 6) is 0.732. The number of hydrogen-bond donors (Lipinski definition) is 0. The standard InChI is InChI=1S/C24H22N2O5S/c1-14-20(23(28)31-4)21(15-8-6-5-7-9-15)26-22(27)19(32-24(26)25-14)12-16-10-11-17(29-2)13-18(16)30-3/h5-13,21H,1-4H3/b19-12-/t21-/m1/s1. The quantitative estimate of drug-likeness (QED) is 0.558. The van der Waals surface area contributed by atoms with Gasteiger partial charge in [-0.3, -0.25) is 9.36 Å². The Bertz CT molecular complexity index is 1390. The lowest BCUT2D eigenvalue weighted by atomic mass is 9.96. The van der Waals surface area contributed by atoms with Crippen LogP contribution in [-0.4, -0.2) is 31.9 Å². The number of carbonyl (C=O) groups excluding carboxylic acids is 1. The number of hydrogen-bond acceptors (Lipinski definition) is 7. The Morgan fingerprint density at radius 1 is 1.09 bits per heavy atom. The van der Waals surface area contributed by atoms with Crippen molar-refractivity contribution in [3.63, 3.8) is 0 Å². The minimum Gasteiger partial charge on any atom is -0.497 e. The smallest absolute Gasteiger partial charge is 0.338 e. The van der Waals surface area contributed by atoms with Gasteiger partial charge in [0.25, 0.3) is 5.56 Å². The predicted octanol–water partition coefficient (Wildman–Crippen LogP) is 2.43. The van der Waals surface area contributed by atoms with Crippen molar-refractivity contribution < 1.29 is 19.0 Å². The molecule has 1 aromatic heterocycles. The van der Waals surface area contributed by atoms with Crippen LogP contribution in [-0.2, 0) is 9.53 Å². The Hall–Kier alpha value is -3.65. The molecule has 164 valence electrons. The monoisotopic (exact) mass is 450 g/mol. The van der Waals surface area contributed by atoms with E-state index >= 15 is 0 Å². The molecule has 3 aromatic rings. The predicted molar refractivity (Wildman–Crippen MR) is 122 cm³/mol. The average molecular weight is 451 g/mol. The summed E-state index contributed by atoms with van der Waals surface area (Å²) < 4.78 is 17.8. The Morgan fingerprint density at radius 2 is 1.84 bits per heavy atom. The fourth-order valence-corrected chi connectivity index (χ4v) is 4.76. The number of nitrogens with zero attached hydrogens (tertiary/aromatic N) is 2. The summed E-state index contributed by atoms with van der Waals surface area (Å²) in [7, 11) is 4.47. The molecule has 8 heteroatoms. The first kappa shape index (κ1) is 21.6. The van der Waals surface area contributed by atoms with Gasteiger partial charge >= 0.3 is 5.97 Å². The zero-order chi connectivity index (χ0) is 22.8. The molecule has 32 heavy (non-hydrogen) atoms. The lowest BCUT2D eigenvalue weighted by Gasteiger charge is -2.24. The zero-order valence-corrected chi connectivity index (χ0v) is 18.9. The van der Waals surface area contributed by atoms with Gasteiger partial charge in [0.05, 0.1) is 43.2 Å². The minimum absolute atomic E-state index is 0.241. The zero-order valence-electron chi connectivity index (χ0n) is 18.1. The molecule has 0 bridgehead atoms. The van der Waals surface area contributed by atoms with Crippen LogP contribution in [0.15, 0.2) is 69.6 Å². The molecule has 1 aliphatic rings. The van der Waals surface area contributed by atoms with E-state index in [0.717, 1.165) is 11.1 Å². The largest absolute Gasteiger partial charge is 0.497 e. The summed E-state index contributed by atoms with van der Waals surface area (Å²) in [6, 6.07) is 14.2. The van der Waals surface area contributed by atoms with Gasteiger partial charge in [0.1, 0.15) is 11.5 Å². The Kier molecular flexibility index (Phi) is 5.96. The van der Waals surface area contributed by atoms with E-state index in [4.69, 9.17) is 14.2 Å². The molecule has 0 radical (unpaired) electrons.